The molecule has 1 amide bonds. The SMILES string of the molecule is CC(N)C(C)C(=O)NC1CCN(CC2CC2)CC1.Cl.Cl. The molecule has 1 heterocycles. The highest BCUT2D eigenvalue weighted by Gasteiger charge is 2.28. The molecule has 0 bridgehead atoms. The van der Waals surface area contributed by atoms with E-state index in [1.807, 2.05) is 13.8 Å². The Kier molecular flexibility index (Phi) is 9.07. The molecule has 1 aliphatic carbocycles. The summed E-state index contributed by atoms with van der Waals surface area (Å²) in [6.07, 6.45) is 5.01. The number of piperidine rings is 1. The quantitative estimate of drug-likeness (QED) is 0.810. The second-order valence-electron chi connectivity index (χ2n) is 6.17. The molecule has 2 atom stereocenters. The summed E-state index contributed by atoms with van der Waals surface area (Å²) in [6.45, 7) is 7.34. The van der Waals surface area contributed by atoms with Crippen molar-refractivity contribution in [3.05, 3.63) is 0 Å². The van der Waals surface area contributed by atoms with Crippen LogP contribution in [0.4, 0.5) is 0 Å². The van der Waals surface area contributed by atoms with Crippen molar-refractivity contribution >= 4 is 30.7 Å². The fraction of sp³-hybridized carbons (Fsp3) is 0.929. The predicted molar refractivity (Wildman–Crippen MR) is 87.6 cm³/mol. The molecule has 2 rings (SSSR count). The second kappa shape index (κ2) is 9.08. The van der Waals surface area contributed by atoms with E-state index in [1.165, 1.54) is 19.4 Å². The standard InChI is InChI=1S/C14H27N3O.2ClH/c1-10(11(2)15)14(18)16-13-5-7-17(8-6-13)9-12-3-4-12;;/h10-13H,3-9,15H2,1-2H3,(H,16,18);2*1H. The average molecular weight is 326 g/mol. The lowest BCUT2D eigenvalue weighted by Gasteiger charge is -2.33. The van der Waals surface area contributed by atoms with Crippen LogP contribution < -0.4 is 11.1 Å². The first-order valence-electron chi connectivity index (χ1n) is 7.34. The van der Waals surface area contributed by atoms with Crippen molar-refractivity contribution in [1.82, 2.24) is 10.2 Å². The molecule has 120 valence electrons. The highest BCUT2D eigenvalue weighted by atomic mass is 35.5. The van der Waals surface area contributed by atoms with Crippen LogP contribution in [0.25, 0.3) is 0 Å². The minimum atomic E-state index is -0.0884. The third kappa shape index (κ3) is 6.17. The highest BCUT2D eigenvalue weighted by Crippen LogP contribution is 2.30. The zero-order valence-electron chi connectivity index (χ0n) is 12.5. The minimum absolute atomic E-state index is 0. The number of carbonyl (C=O) groups excluding carboxylic acids is 1. The van der Waals surface area contributed by atoms with Crippen molar-refractivity contribution in [2.45, 2.75) is 51.6 Å². The molecule has 0 aromatic carbocycles. The Morgan fingerprint density at radius 2 is 1.75 bits per heavy atom. The molecule has 6 heteroatoms. The van der Waals surface area contributed by atoms with Gasteiger partial charge in [-0.05, 0) is 38.5 Å². The molecule has 3 N–H and O–H groups in total. The molecule has 1 saturated heterocycles. The highest BCUT2D eigenvalue weighted by molar-refractivity contribution is 5.85. The summed E-state index contributed by atoms with van der Waals surface area (Å²) in [5.74, 6) is 0.995. The van der Waals surface area contributed by atoms with Crippen LogP contribution in [0.2, 0.25) is 0 Å². The normalized spacial score (nSPS) is 23.1. The average Bonchev–Trinajstić information content (AvgIpc) is 3.14. The fourth-order valence-corrected chi connectivity index (χ4v) is 2.50. The van der Waals surface area contributed by atoms with Gasteiger partial charge in [0.15, 0.2) is 0 Å². The first kappa shape index (κ1) is 20.0. The molecule has 1 aliphatic heterocycles. The third-order valence-corrected chi connectivity index (χ3v) is 4.35. The van der Waals surface area contributed by atoms with E-state index in [-0.39, 0.29) is 42.7 Å². The van der Waals surface area contributed by atoms with Gasteiger partial charge in [-0.3, -0.25) is 4.79 Å². The van der Waals surface area contributed by atoms with Crippen molar-refractivity contribution in [2.24, 2.45) is 17.6 Å². The number of nitrogens with one attached hydrogen (secondary N) is 1. The smallest absolute Gasteiger partial charge is 0.224 e. The van der Waals surface area contributed by atoms with Crippen LogP contribution >= 0.6 is 24.8 Å². The van der Waals surface area contributed by atoms with Crippen LogP contribution in [-0.2, 0) is 4.79 Å². The number of likely N-dealkylation sites (tertiary alicyclic amines) is 1. The van der Waals surface area contributed by atoms with Crippen molar-refractivity contribution in [3.63, 3.8) is 0 Å². The topological polar surface area (TPSA) is 58.4 Å². The van der Waals surface area contributed by atoms with Crippen LogP contribution in [-0.4, -0.2) is 42.5 Å². The molecule has 4 nitrogen and oxygen atoms in total. The van der Waals surface area contributed by atoms with E-state index < -0.39 is 0 Å². The number of carbonyl (C=O) groups is 1. The molecule has 1 saturated carbocycles. The van der Waals surface area contributed by atoms with Crippen molar-refractivity contribution in [1.29, 1.82) is 0 Å². The minimum Gasteiger partial charge on any atom is -0.353 e. The number of amides is 1. The number of hydrogen-bond donors (Lipinski definition) is 2. The van der Waals surface area contributed by atoms with E-state index in [0.29, 0.717) is 6.04 Å². The number of rotatable bonds is 5. The molecule has 20 heavy (non-hydrogen) atoms. The van der Waals surface area contributed by atoms with Crippen LogP contribution in [0.15, 0.2) is 0 Å². The van der Waals surface area contributed by atoms with E-state index in [2.05, 4.69) is 10.2 Å². The Balaban J connectivity index is 0.00000180. The van der Waals surface area contributed by atoms with Crippen LogP contribution in [0.5, 0.6) is 0 Å². The van der Waals surface area contributed by atoms with Gasteiger partial charge < -0.3 is 16.0 Å². The van der Waals surface area contributed by atoms with Gasteiger partial charge in [0, 0.05) is 37.6 Å². The zero-order chi connectivity index (χ0) is 13.1. The van der Waals surface area contributed by atoms with E-state index >= 15 is 0 Å². The number of halogens is 2. The van der Waals surface area contributed by atoms with Crippen molar-refractivity contribution < 1.29 is 4.79 Å². The summed E-state index contributed by atoms with van der Waals surface area (Å²) in [7, 11) is 0. The molecular weight excluding hydrogens is 297 g/mol. The van der Waals surface area contributed by atoms with E-state index in [1.54, 1.807) is 0 Å². The predicted octanol–water partition coefficient (Wildman–Crippen LogP) is 1.80. The number of nitrogens with two attached hydrogens (primary N) is 1. The zero-order valence-corrected chi connectivity index (χ0v) is 14.1. The summed E-state index contributed by atoms with van der Waals surface area (Å²) in [6, 6.07) is 0.286. The number of nitrogens with zero attached hydrogens (tertiary/aromatic N) is 1. The molecule has 0 spiro atoms. The van der Waals surface area contributed by atoms with Crippen LogP contribution in [0.1, 0.15) is 39.5 Å². The summed E-state index contributed by atoms with van der Waals surface area (Å²) in [5, 5.41) is 3.14. The Hall–Kier alpha value is -0.0300. The Bertz CT molecular complexity index is 290. The maximum Gasteiger partial charge on any atom is 0.224 e. The second-order valence-corrected chi connectivity index (χ2v) is 6.17. The molecule has 2 aliphatic rings. The maximum atomic E-state index is 11.9. The Morgan fingerprint density at radius 3 is 2.20 bits per heavy atom. The van der Waals surface area contributed by atoms with E-state index in [4.69, 9.17) is 5.73 Å². The van der Waals surface area contributed by atoms with Gasteiger partial charge in [-0.2, -0.15) is 0 Å². The van der Waals surface area contributed by atoms with Crippen LogP contribution in [0.3, 0.4) is 0 Å². The van der Waals surface area contributed by atoms with Gasteiger partial charge in [-0.15, -0.1) is 24.8 Å². The van der Waals surface area contributed by atoms with Crippen molar-refractivity contribution in [3.8, 4) is 0 Å². The Labute approximate surface area is 135 Å². The van der Waals surface area contributed by atoms with Gasteiger partial charge >= 0.3 is 0 Å². The van der Waals surface area contributed by atoms with Gasteiger partial charge in [-0.1, -0.05) is 6.92 Å². The van der Waals surface area contributed by atoms with Gasteiger partial charge in [0.25, 0.3) is 0 Å². The lowest BCUT2D eigenvalue weighted by atomic mass is 10.0. The van der Waals surface area contributed by atoms with Gasteiger partial charge in [0.05, 0.1) is 0 Å². The molecule has 2 unspecified atom stereocenters. The summed E-state index contributed by atoms with van der Waals surface area (Å²) in [5.41, 5.74) is 5.76. The van der Waals surface area contributed by atoms with Gasteiger partial charge in [0.1, 0.15) is 0 Å². The summed E-state index contributed by atoms with van der Waals surface area (Å²) < 4.78 is 0. The lowest BCUT2D eigenvalue weighted by molar-refractivity contribution is -0.126. The first-order valence-corrected chi connectivity index (χ1v) is 7.34. The summed E-state index contributed by atoms with van der Waals surface area (Å²) in [4.78, 5) is 14.5. The monoisotopic (exact) mass is 325 g/mol. The lowest BCUT2D eigenvalue weighted by Crippen LogP contribution is -2.48. The molecule has 0 aromatic heterocycles. The summed E-state index contributed by atoms with van der Waals surface area (Å²) >= 11 is 0. The number of hydrogen-bond acceptors (Lipinski definition) is 3. The van der Waals surface area contributed by atoms with Gasteiger partial charge in [-0.25, -0.2) is 0 Å². The largest absolute Gasteiger partial charge is 0.353 e. The molecule has 2 fully saturated rings. The third-order valence-electron chi connectivity index (χ3n) is 4.35. The van der Waals surface area contributed by atoms with Crippen molar-refractivity contribution in [2.75, 3.05) is 19.6 Å². The molecular formula is C14H29Cl2N3O. The fourth-order valence-electron chi connectivity index (χ4n) is 2.50. The Morgan fingerprint density at radius 1 is 1.20 bits per heavy atom. The van der Waals surface area contributed by atoms with Gasteiger partial charge in [0.2, 0.25) is 5.91 Å². The maximum absolute atomic E-state index is 11.9. The van der Waals surface area contributed by atoms with E-state index in [0.717, 1.165) is 31.8 Å². The van der Waals surface area contributed by atoms with Crippen LogP contribution in [0, 0.1) is 11.8 Å². The molecule has 0 radical (unpaired) electrons. The van der Waals surface area contributed by atoms with E-state index in [9.17, 15) is 4.79 Å². The molecule has 0 aromatic rings. The first-order chi connectivity index (χ1) is 8.56.